The minimum absolute atomic E-state index is 0. The van der Waals surface area contributed by atoms with Crippen LogP contribution in [0.25, 0.3) is 22.8 Å². The smallest absolute Gasteiger partial charge is 0.316 e. The zero-order valence-corrected chi connectivity index (χ0v) is 17.6. The molecule has 160 valence electrons. The van der Waals surface area contributed by atoms with Crippen molar-refractivity contribution in [2.45, 2.75) is 45.1 Å². The van der Waals surface area contributed by atoms with Gasteiger partial charge in [-0.25, -0.2) is 4.98 Å². The van der Waals surface area contributed by atoms with Crippen molar-refractivity contribution in [2.24, 2.45) is 0 Å². The van der Waals surface area contributed by atoms with E-state index in [1.54, 1.807) is 37.3 Å². The van der Waals surface area contributed by atoms with Crippen LogP contribution in [0.4, 0.5) is 6.01 Å². The predicted molar refractivity (Wildman–Crippen MR) is 118 cm³/mol. The van der Waals surface area contributed by atoms with Gasteiger partial charge < -0.3 is 14.6 Å². The second-order valence-electron chi connectivity index (χ2n) is 7.86. The Bertz CT molecular complexity index is 1030. The summed E-state index contributed by atoms with van der Waals surface area (Å²) in [6.07, 6.45) is 7.70. The van der Waals surface area contributed by atoms with E-state index in [9.17, 15) is 4.79 Å². The highest BCUT2D eigenvalue weighted by Gasteiger charge is 2.19. The zero-order valence-electron chi connectivity index (χ0n) is 17.6. The Morgan fingerprint density at radius 3 is 2.57 bits per heavy atom. The maximum absolute atomic E-state index is 12.1. The largest absolute Gasteiger partial charge is 0.402 e. The van der Waals surface area contributed by atoms with Gasteiger partial charge in [0.05, 0.1) is 17.6 Å². The summed E-state index contributed by atoms with van der Waals surface area (Å²) >= 11 is 0. The minimum atomic E-state index is -0.0407. The molecule has 0 unspecified atom stereocenters. The van der Waals surface area contributed by atoms with Crippen molar-refractivity contribution in [3.05, 3.63) is 41.7 Å². The molecule has 1 aliphatic carbocycles. The number of amides is 1. The first-order chi connectivity index (χ1) is 14.5. The number of nitrogens with one attached hydrogen (secondary N) is 1. The first kappa shape index (κ1) is 20.0. The van der Waals surface area contributed by atoms with Crippen molar-refractivity contribution in [2.75, 3.05) is 19.4 Å². The first-order valence-corrected chi connectivity index (χ1v) is 10.3. The molecular weight excluding hydrogens is 380 g/mol. The molecule has 0 spiro atoms. The van der Waals surface area contributed by atoms with Gasteiger partial charge in [0.2, 0.25) is 0 Å². The van der Waals surface area contributed by atoms with E-state index in [-0.39, 0.29) is 8.76 Å². The van der Waals surface area contributed by atoms with Crippen LogP contribution in [0.3, 0.4) is 0 Å². The van der Waals surface area contributed by atoms with Crippen molar-refractivity contribution in [3.63, 3.8) is 0 Å². The van der Waals surface area contributed by atoms with Gasteiger partial charge in [0, 0.05) is 34.1 Å². The highest BCUT2D eigenvalue weighted by Crippen LogP contribution is 2.26. The molecule has 1 N–H and O–H groups in total. The fraction of sp³-hybridized carbons (Fsp3) is 0.409. The molecule has 3 aromatic rings. The summed E-state index contributed by atoms with van der Waals surface area (Å²) in [5, 5.41) is 11.7. The number of rotatable bonds is 5. The minimum Gasteiger partial charge on any atom is -0.402 e. The van der Waals surface area contributed by atoms with Gasteiger partial charge in [0.15, 0.2) is 0 Å². The van der Waals surface area contributed by atoms with E-state index in [0.717, 1.165) is 18.4 Å². The lowest BCUT2D eigenvalue weighted by Gasteiger charge is -2.21. The van der Waals surface area contributed by atoms with Crippen LogP contribution in [-0.2, 0) is 0 Å². The Morgan fingerprint density at radius 2 is 1.87 bits per heavy atom. The van der Waals surface area contributed by atoms with Gasteiger partial charge in [-0.05, 0) is 31.9 Å². The van der Waals surface area contributed by atoms with Crippen LogP contribution in [0.5, 0.6) is 0 Å². The Kier molecular flexibility index (Phi) is 5.74. The molecule has 30 heavy (non-hydrogen) atoms. The van der Waals surface area contributed by atoms with Crippen LogP contribution in [0, 0.1) is 6.92 Å². The number of hydrogen-bond donors (Lipinski definition) is 1. The van der Waals surface area contributed by atoms with Crippen LogP contribution in [0.15, 0.2) is 34.9 Å². The molecule has 2 aromatic heterocycles. The summed E-state index contributed by atoms with van der Waals surface area (Å²) in [5.74, 6) is 0.306. The average Bonchev–Trinajstić information content (AvgIpc) is 3.22. The fourth-order valence-corrected chi connectivity index (χ4v) is 3.63. The summed E-state index contributed by atoms with van der Waals surface area (Å²) in [6, 6.07) is 8.12. The summed E-state index contributed by atoms with van der Waals surface area (Å²) in [6.45, 7) is 1.86. The van der Waals surface area contributed by atoms with Gasteiger partial charge >= 0.3 is 6.01 Å². The van der Waals surface area contributed by atoms with E-state index in [4.69, 9.17) is 9.40 Å². The molecule has 4 rings (SSSR count). The van der Waals surface area contributed by atoms with Gasteiger partial charge in [-0.2, -0.15) is 0 Å². The van der Waals surface area contributed by atoms with E-state index >= 15 is 0 Å². The molecule has 1 amide bonds. The molecule has 0 atom stereocenters. The second-order valence-corrected chi connectivity index (χ2v) is 7.86. The average molecular weight is 411 g/mol. The number of aromatic nitrogens is 4. The zero-order chi connectivity index (χ0) is 21.1. The SMILES string of the molecule is Cc1ncc(-c2ccc(C(=O)N(C)C)cc2)nc1-c1nnc(NC2CCCCC2)o1.[HH].[HH]. The number of anilines is 1. The van der Waals surface area contributed by atoms with E-state index in [1.165, 1.54) is 19.3 Å². The Hall–Kier alpha value is -3.29. The maximum Gasteiger partial charge on any atom is 0.316 e. The second kappa shape index (κ2) is 8.61. The van der Waals surface area contributed by atoms with Crippen LogP contribution in [0.2, 0.25) is 0 Å². The van der Waals surface area contributed by atoms with E-state index in [2.05, 4.69) is 20.5 Å². The Balaban J connectivity index is 0.00000181. The molecule has 8 heteroatoms. The number of carbonyl (C=O) groups excluding carboxylic acids is 1. The number of carbonyl (C=O) groups is 1. The quantitative estimate of drug-likeness (QED) is 0.664. The molecule has 1 saturated carbocycles. The summed E-state index contributed by atoms with van der Waals surface area (Å²) < 4.78 is 5.84. The molecule has 8 nitrogen and oxygen atoms in total. The summed E-state index contributed by atoms with van der Waals surface area (Å²) in [4.78, 5) is 22.8. The van der Waals surface area contributed by atoms with Crippen molar-refractivity contribution < 1.29 is 12.1 Å². The Labute approximate surface area is 178 Å². The van der Waals surface area contributed by atoms with Crippen molar-refractivity contribution in [1.82, 2.24) is 25.1 Å². The summed E-state index contributed by atoms with van der Waals surface area (Å²) in [5.41, 5.74) is 3.44. The topological polar surface area (TPSA) is 97.0 Å². The van der Waals surface area contributed by atoms with Crippen LogP contribution in [0.1, 0.15) is 51.0 Å². The van der Waals surface area contributed by atoms with E-state index in [0.29, 0.717) is 40.6 Å². The molecular formula is C22H30N6O2. The third-order valence-corrected chi connectivity index (χ3v) is 5.35. The third-order valence-electron chi connectivity index (χ3n) is 5.35. The lowest BCUT2D eigenvalue weighted by molar-refractivity contribution is 0.0827. The third kappa shape index (κ3) is 4.32. The molecule has 1 fully saturated rings. The first-order valence-electron chi connectivity index (χ1n) is 10.3. The number of aryl methyl sites for hydroxylation is 1. The van der Waals surface area contributed by atoms with Gasteiger partial charge in [0.25, 0.3) is 11.8 Å². The van der Waals surface area contributed by atoms with Crippen LogP contribution < -0.4 is 5.32 Å². The van der Waals surface area contributed by atoms with Crippen LogP contribution in [-0.4, -0.2) is 51.1 Å². The van der Waals surface area contributed by atoms with Crippen molar-refractivity contribution in [3.8, 4) is 22.8 Å². The number of hydrogen-bond acceptors (Lipinski definition) is 7. The highest BCUT2D eigenvalue weighted by molar-refractivity contribution is 5.94. The van der Waals surface area contributed by atoms with Gasteiger partial charge in [-0.3, -0.25) is 9.78 Å². The molecule has 0 bridgehead atoms. The standard InChI is InChI=1S/C22H26N6O2.2H2/c1-14-19(20-26-27-22(30-20)24-17-7-5-4-6-8-17)25-18(13-23-14)15-9-11-16(12-10-15)21(29)28(2)3;;/h9-13,17H,4-8H2,1-3H3,(H,24,27);2*1H. The maximum atomic E-state index is 12.1. The lowest BCUT2D eigenvalue weighted by Crippen LogP contribution is -2.22. The highest BCUT2D eigenvalue weighted by atomic mass is 16.4. The molecule has 1 aliphatic rings. The van der Waals surface area contributed by atoms with E-state index in [1.807, 2.05) is 19.1 Å². The van der Waals surface area contributed by atoms with Gasteiger partial charge in [-0.1, -0.05) is 36.5 Å². The van der Waals surface area contributed by atoms with E-state index < -0.39 is 0 Å². The van der Waals surface area contributed by atoms with Crippen molar-refractivity contribution in [1.29, 1.82) is 0 Å². The van der Waals surface area contributed by atoms with Crippen LogP contribution >= 0.6 is 0 Å². The normalized spacial score (nSPS) is 14.5. The molecule has 0 radical (unpaired) electrons. The Morgan fingerprint density at radius 1 is 1.13 bits per heavy atom. The number of benzene rings is 1. The monoisotopic (exact) mass is 410 g/mol. The lowest BCUT2D eigenvalue weighted by atomic mass is 9.96. The van der Waals surface area contributed by atoms with Gasteiger partial charge in [0.1, 0.15) is 5.69 Å². The van der Waals surface area contributed by atoms with Gasteiger partial charge in [-0.15, -0.1) is 5.10 Å². The fourth-order valence-electron chi connectivity index (χ4n) is 3.63. The number of nitrogens with zero attached hydrogens (tertiary/aromatic N) is 5. The predicted octanol–water partition coefficient (Wildman–Crippen LogP) is 4.44. The molecule has 0 saturated heterocycles. The molecule has 1 aromatic carbocycles. The van der Waals surface area contributed by atoms with Crippen molar-refractivity contribution >= 4 is 11.9 Å². The summed E-state index contributed by atoms with van der Waals surface area (Å²) in [7, 11) is 3.46. The molecule has 2 heterocycles. The molecule has 0 aliphatic heterocycles.